The van der Waals surface area contributed by atoms with Crippen LogP contribution in [-0.4, -0.2) is 69.3 Å². The van der Waals surface area contributed by atoms with Crippen LogP contribution in [0.1, 0.15) is 21.7 Å². The Morgan fingerprint density at radius 3 is 2.84 bits per heavy atom. The van der Waals surface area contributed by atoms with Crippen LogP contribution in [0.3, 0.4) is 0 Å². The number of aliphatic hydroxyl groups is 1. The van der Waals surface area contributed by atoms with Crippen molar-refractivity contribution in [3.05, 3.63) is 59.3 Å². The third-order valence-corrected chi connectivity index (χ3v) is 5.06. The van der Waals surface area contributed by atoms with Crippen molar-refractivity contribution in [1.29, 1.82) is 0 Å². The van der Waals surface area contributed by atoms with Crippen molar-refractivity contribution in [2.45, 2.75) is 25.2 Å². The van der Waals surface area contributed by atoms with Crippen molar-refractivity contribution >= 4 is 16.8 Å². The third kappa shape index (κ3) is 5.05. The maximum absolute atomic E-state index is 13.5. The minimum absolute atomic E-state index is 0.0329. The number of aliphatic hydroxyl groups excluding tert-OH is 1. The Balaban J connectivity index is 1.71. The summed E-state index contributed by atoms with van der Waals surface area (Å²) in [5, 5.41) is 14.3. The third-order valence-electron chi connectivity index (χ3n) is 5.06. The Bertz CT molecular complexity index is 1130. The van der Waals surface area contributed by atoms with E-state index in [-0.39, 0.29) is 43.9 Å². The summed E-state index contributed by atoms with van der Waals surface area (Å²) in [5.74, 6) is -0.987. The van der Waals surface area contributed by atoms with Crippen molar-refractivity contribution in [1.82, 2.24) is 19.7 Å². The lowest BCUT2D eigenvalue weighted by Gasteiger charge is -2.20. The molecule has 4 rings (SSSR count). The summed E-state index contributed by atoms with van der Waals surface area (Å²) in [6.07, 6.45) is -3.99. The zero-order valence-corrected chi connectivity index (χ0v) is 16.8. The molecule has 1 unspecified atom stereocenters. The number of carbonyl (C=O) groups excluding carboxylic acids is 1. The van der Waals surface area contributed by atoms with E-state index in [1.165, 1.54) is 35.4 Å². The molecule has 0 saturated carbocycles. The molecular formula is C21H20F4N4O3. The highest BCUT2D eigenvalue weighted by Gasteiger charge is 2.31. The number of halogens is 4. The molecule has 1 saturated heterocycles. The first-order chi connectivity index (χ1) is 15.2. The SMILES string of the molecule is O=C(c1cc2c(cn1)c(Cc1cccc(F)c1)nn2CC(F)(F)F)N1CCOCC(O)C1. The van der Waals surface area contributed by atoms with Gasteiger partial charge in [0.05, 0.1) is 30.5 Å². The van der Waals surface area contributed by atoms with Crippen molar-refractivity contribution < 1.29 is 32.2 Å². The number of hydrogen-bond donors (Lipinski definition) is 1. The van der Waals surface area contributed by atoms with E-state index in [0.717, 1.165) is 4.68 Å². The van der Waals surface area contributed by atoms with Crippen molar-refractivity contribution in [2.24, 2.45) is 0 Å². The van der Waals surface area contributed by atoms with Crippen LogP contribution in [0, 0.1) is 5.82 Å². The summed E-state index contributed by atoms with van der Waals surface area (Å²) in [5.41, 5.74) is 0.869. The first kappa shape index (κ1) is 22.2. The number of benzene rings is 1. The molecule has 170 valence electrons. The van der Waals surface area contributed by atoms with E-state index in [9.17, 15) is 27.5 Å². The van der Waals surface area contributed by atoms with E-state index in [2.05, 4.69) is 10.1 Å². The van der Waals surface area contributed by atoms with Crippen molar-refractivity contribution in [2.75, 3.05) is 26.3 Å². The Morgan fingerprint density at radius 1 is 1.28 bits per heavy atom. The second-order valence-electron chi connectivity index (χ2n) is 7.59. The summed E-state index contributed by atoms with van der Waals surface area (Å²) in [4.78, 5) is 18.4. The summed E-state index contributed by atoms with van der Waals surface area (Å²) in [6, 6.07) is 6.98. The van der Waals surface area contributed by atoms with E-state index in [1.54, 1.807) is 6.07 Å². The van der Waals surface area contributed by atoms with Crippen LogP contribution in [0.5, 0.6) is 0 Å². The highest BCUT2D eigenvalue weighted by Crippen LogP contribution is 2.26. The highest BCUT2D eigenvalue weighted by atomic mass is 19.4. The van der Waals surface area contributed by atoms with Crippen molar-refractivity contribution in [3.8, 4) is 0 Å². The van der Waals surface area contributed by atoms with Gasteiger partial charge in [-0.3, -0.25) is 14.5 Å². The zero-order valence-electron chi connectivity index (χ0n) is 16.8. The van der Waals surface area contributed by atoms with Crippen LogP contribution >= 0.6 is 0 Å². The smallest absolute Gasteiger partial charge is 0.389 e. The molecule has 3 aromatic rings. The Morgan fingerprint density at radius 2 is 2.09 bits per heavy atom. The van der Waals surface area contributed by atoms with Gasteiger partial charge in [0.2, 0.25) is 0 Å². The minimum atomic E-state index is -4.53. The van der Waals surface area contributed by atoms with Crippen LogP contribution < -0.4 is 0 Å². The highest BCUT2D eigenvalue weighted by molar-refractivity contribution is 5.96. The predicted octanol–water partition coefficient (Wildman–Crippen LogP) is 2.56. The molecule has 1 aliphatic heterocycles. The number of amides is 1. The van der Waals surface area contributed by atoms with Crippen LogP contribution in [0.2, 0.25) is 0 Å². The fourth-order valence-electron chi connectivity index (χ4n) is 3.65. The van der Waals surface area contributed by atoms with Crippen LogP contribution in [0.15, 0.2) is 36.5 Å². The normalized spacial score (nSPS) is 17.5. The van der Waals surface area contributed by atoms with Gasteiger partial charge in [0.1, 0.15) is 18.1 Å². The van der Waals surface area contributed by atoms with Crippen LogP contribution in [0.4, 0.5) is 17.6 Å². The number of β-amino-alcohol motifs (C(OH)–C–C–N with tert-alkyl or cyclic N) is 1. The lowest BCUT2D eigenvalue weighted by molar-refractivity contribution is -0.141. The molecule has 2 aromatic heterocycles. The summed E-state index contributed by atoms with van der Waals surface area (Å²) in [6.45, 7) is -0.763. The zero-order chi connectivity index (χ0) is 22.9. The van der Waals surface area contributed by atoms with Crippen LogP contribution in [0.25, 0.3) is 10.9 Å². The summed E-state index contributed by atoms with van der Waals surface area (Å²) >= 11 is 0. The molecule has 3 heterocycles. The number of nitrogens with zero attached hydrogens (tertiary/aromatic N) is 4. The fourth-order valence-corrected chi connectivity index (χ4v) is 3.65. The largest absolute Gasteiger partial charge is 0.408 e. The number of pyridine rings is 1. The molecule has 0 bridgehead atoms. The van der Waals surface area contributed by atoms with E-state index >= 15 is 0 Å². The molecule has 1 N–H and O–H groups in total. The molecule has 1 aliphatic rings. The van der Waals surface area contributed by atoms with Gasteiger partial charge >= 0.3 is 6.18 Å². The van der Waals surface area contributed by atoms with Gasteiger partial charge in [-0.25, -0.2) is 4.39 Å². The molecule has 7 nitrogen and oxygen atoms in total. The average Bonchev–Trinajstić information content (AvgIpc) is 2.89. The number of ether oxygens (including phenoxy) is 1. The number of alkyl halides is 3. The van der Waals surface area contributed by atoms with Crippen molar-refractivity contribution in [3.63, 3.8) is 0 Å². The minimum Gasteiger partial charge on any atom is -0.389 e. The molecule has 32 heavy (non-hydrogen) atoms. The van der Waals surface area contributed by atoms with Gasteiger partial charge in [-0.05, 0) is 23.8 Å². The van der Waals surface area contributed by atoms with Crippen LogP contribution in [-0.2, 0) is 17.7 Å². The molecule has 11 heteroatoms. The molecule has 0 aliphatic carbocycles. The quantitative estimate of drug-likeness (QED) is 0.616. The molecule has 1 fully saturated rings. The molecule has 1 amide bonds. The maximum Gasteiger partial charge on any atom is 0.408 e. The van der Waals surface area contributed by atoms with E-state index in [0.29, 0.717) is 16.6 Å². The molecule has 0 spiro atoms. The van der Waals surface area contributed by atoms with Gasteiger partial charge in [0, 0.05) is 31.1 Å². The Kier molecular flexibility index (Phi) is 6.11. The predicted molar refractivity (Wildman–Crippen MR) is 106 cm³/mol. The van der Waals surface area contributed by atoms with E-state index < -0.39 is 30.5 Å². The van der Waals surface area contributed by atoms with Gasteiger partial charge in [-0.15, -0.1) is 0 Å². The van der Waals surface area contributed by atoms with E-state index in [1.807, 2.05) is 0 Å². The molecule has 1 aromatic carbocycles. The Hall–Kier alpha value is -3.05. The summed E-state index contributed by atoms with van der Waals surface area (Å²) in [7, 11) is 0. The number of aromatic nitrogens is 3. The molecule has 1 atom stereocenters. The second-order valence-corrected chi connectivity index (χ2v) is 7.59. The lowest BCUT2D eigenvalue weighted by atomic mass is 10.1. The van der Waals surface area contributed by atoms with Gasteiger partial charge in [-0.1, -0.05) is 12.1 Å². The molecular weight excluding hydrogens is 432 g/mol. The monoisotopic (exact) mass is 452 g/mol. The average molecular weight is 452 g/mol. The van der Waals surface area contributed by atoms with E-state index in [4.69, 9.17) is 4.74 Å². The fraction of sp³-hybridized carbons (Fsp3) is 0.381. The first-order valence-corrected chi connectivity index (χ1v) is 9.91. The number of hydrogen-bond acceptors (Lipinski definition) is 5. The van der Waals surface area contributed by atoms with Gasteiger partial charge < -0.3 is 14.7 Å². The lowest BCUT2D eigenvalue weighted by Crippen LogP contribution is -2.38. The number of carbonyl (C=O) groups is 1. The van der Waals surface area contributed by atoms with Gasteiger partial charge in [0.15, 0.2) is 0 Å². The number of fused-ring (bicyclic) bond motifs is 1. The number of rotatable bonds is 4. The van der Waals surface area contributed by atoms with Gasteiger partial charge in [-0.2, -0.15) is 18.3 Å². The first-order valence-electron chi connectivity index (χ1n) is 9.91. The molecule has 0 radical (unpaired) electrons. The maximum atomic E-state index is 13.5. The summed E-state index contributed by atoms with van der Waals surface area (Å²) < 4.78 is 59.0. The second kappa shape index (κ2) is 8.83. The Labute approximate surface area is 180 Å². The standard InChI is InChI=1S/C21H20F4N4O3/c22-14-3-1-2-13(6-14)7-17-16-9-26-18(8-19(16)29(27-17)12-21(23,24)25)20(31)28-4-5-32-11-15(30)10-28/h1-3,6,8-9,15,30H,4-5,7,10-12H2. The van der Waals surface area contributed by atoms with Gasteiger partial charge in [0.25, 0.3) is 5.91 Å². The topological polar surface area (TPSA) is 80.5 Å².